The summed E-state index contributed by atoms with van der Waals surface area (Å²) in [7, 11) is 0. The molecule has 3 rings (SSSR count). The van der Waals surface area contributed by atoms with Crippen molar-refractivity contribution in [3.8, 4) is 0 Å². The average Bonchev–Trinajstić information content (AvgIpc) is 2.70. The average molecular weight is 373 g/mol. The van der Waals surface area contributed by atoms with Crippen molar-refractivity contribution in [2.24, 2.45) is 5.41 Å². The van der Waals surface area contributed by atoms with Crippen molar-refractivity contribution in [1.82, 2.24) is 15.1 Å². The highest BCUT2D eigenvalue weighted by molar-refractivity contribution is 5.81. The number of nitrogens with zero attached hydrogens (tertiary/aromatic N) is 2. The third-order valence-corrected chi connectivity index (χ3v) is 6.21. The van der Waals surface area contributed by atoms with Gasteiger partial charge < -0.3 is 15.3 Å². The quantitative estimate of drug-likeness (QED) is 0.790. The van der Waals surface area contributed by atoms with E-state index in [9.17, 15) is 14.7 Å². The summed E-state index contributed by atoms with van der Waals surface area (Å²) in [5.74, 6) is 0.223. The second-order valence-corrected chi connectivity index (χ2v) is 7.95. The number of nitrogens with one attached hydrogen (secondary N) is 1. The molecular formula is C21H31N3O3. The van der Waals surface area contributed by atoms with E-state index < -0.39 is 0 Å². The highest BCUT2D eigenvalue weighted by atomic mass is 16.3. The summed E-state index contributed by atoms with van der Waals surface area (Å²) in [5, 5.41) is 12.2. The monoisotopic (exact) mass is 373 g/mol. The van der Waals surface area contributed by atoms with Crippen molar-refractivity contribution in [2.75, 3.05) is 32.8 Å². The second-order valence-electron chi connectivity index (χ2n) is 7.95. The second kappa shape index (κ2) is 8.85. The molecule has 6 heteroatoms. The van der Waals surface area contributed by atoms with Gasteiger partial charge in [-0.25, -0.2) is 0 Å². The van der Waals surface area contributed by atoms with Crippen molar-refractivity contribution in [3.63, 3.8) is 0 Å². The number of piperidine rings is 2. The van der Waals surface area contributed by atoms with E-state index in [1.54, 1.807) is 0 Å². The number of amides is 2. The molecule has 1 aromatic carbocycles. The number of aliphatic hydroxyl groups is 1. The zero-order valence-corrected chi connectivity index (χ0v) is 16.2. The standard InChI is InChI=1S/C21H31N3O3/c1-17(20(27)22-15-18-5-3-2-4-6-18)23-11-9-21(10-12-23)8-7-19(26)24(16-21)13-14-25/h2-6,17,25H,7-16H2,1H3,(H,22,27)/t17-/m0/s1. The van der Waals surface area contributed by atoms with E-state index in [1.165, 1.54) is 0 Å². The first-order chi connectivity index (χ1) is 13.0. The van der Waals surface area contributed by atoms with Gasteiger partial charge in [0.15, 0.2) is 0 Å². The van der Waals surface area contributed by atoms with Crippen LogP contribution < -0.4 is 5.32 Å². The number of rotatable bonds is 6. The predicted octanol–water partition coefficient (Wildman–Crippen LogP) is 1.39. The van der Waals surface area contributed by atoms with Gasteiger partial charge in [0, 0.05) is 26.1 Å². The fraction of sp³-hybridized carbons (Fsp3) is 0.619. The number of carbonyl (C=O) groups excluding carboxylic acids is 2. The topological polar surface area (TPSA) is 72.9 Å². The minimum Gasteiger partial charge on any atom is -0.395 e. The van der Waals surface area contributed by atoms with E-state index in [1.807, 2.05) is 42.2 Å². The van der Waals surface area contributed by atoms with E-state index in [0.29, 0.717) is 19.5 Å². The number of likely N-dealkylation sites (tertiary alicyclic amines) is 2. The summed E-state index contributed by atoms with van der Waals surface area (Å²) in [6.45, 7) is 5.48. The normalized spacial score (nSPS) is 21.3. The van der Waals surface area contributed by atoms with Crippen LogP contribution in [0.4, 0.5) is 0 Å². The first-order valence-corrected chi connectivity index (χ1v) is 9.97. The number of hydrogen-bond donors (Lipinski definition) is 2. The Morgan fingerprint density at radius 1 is 1.22 bits per heavy atom. The zero-order valence-electron chi connectivity index (χ0n) is 16.2. The molecule has 0 aromatic heterocycles. The third kappa shape index (κ3) is 4.87. The van der Waals surface area contributed by atoms with Crippen LogP contribution in [0.1, 0.15) is 38.2 Å². The van der Waals surface area contributed by atoms with E-state index in [-0.39, 0.29) is 29.9 Å². The maximum Gasteiger partial charge on any atom is 0.237 e. The van der Waals surface area contributed by atoms with E-state index >= 15 is 0 Å². The molecule has 1 spiro atoms. The van der Waals surface area contributed by atoms with Crippen molar-refractivity contribution in [1.29, 1.82) is 0 Å². The summed E-state index contributed by atoms with van der Waals surface area (Å²) >= 11 is 0. The van der Waals surface area contributed by atoms with Crippen LogP contribution in [0.2, 0.25) is 0 Å². The van der Waals surface area contributed by atoms with Gasteiger partial charge >= 0.3 is 0 Å². The van der Waals surface area contributed by atoms with E-state index in [0.717, 1.165) is 44.5 Å². The maximum atomic E-state index is 12.5. The van der Waals surface area contributed by atoms with Crippen LogP contribution in [-0.4, -0.2) is 65.5 Å². The van der Waals surface area contributed by atoms with Crippen LogP contribution in [0.5, 0.6) is 0 Å². The molecule has 2 aliphatic heterocycles. The molecule has 2 saturated heterocycles. The molecule has 0 bridgehead atoms. The number of β-amino-alcohol motifs (C(OH)–C–C–N with tert-alkyl or cyclic N) is 1. The largest absolute Gasteiger partial charge is 0.395 e. The summed E-state index contributed by atoms with van der Waals surface area (Å²) in [6.07, 6.45) is 3.50. The lowest BCUT2D eigenvalue weighted by molar-refractivity contribution is -0.140. The first-order valence-electron chi connectivity index (χ1n) is 9.97. The summed E-state index contributed by atoms with van der Waals surface area (Å²) in [6, 6.07) is 9.80. The predicted molar refractivity (Wildman–Crippen MR) is 104 cm³/mol. The van der Waals surface area contributed by atoms with Crippen LogP contribution in [0.25, 0.3) is 0 Å². The number of aliphatic hydroxyl groups excluding tert-OH is 1. The van der Waals surface area contributed by atoms with Gasteiger partial charge in [-0.3, -0.25) is 14.5 Å². The Kier molecular flexibility index (Phi) is 6.50. The Bertz CT molecular complexity index is 641. The molecule has 1 atom stereocenters. The third-order valence-electron chi connectivity index (χ3n) is 6.21. The lowest BCUT2D eigenvalue weighted by Crippen LogP contribution is -2.55. The summed E-state index contributed by atoms with van der Waals surface area (Å²) in [5.41, 5.74) is 1.26. The van der Waals surface area contributed by atoms with Gasteiger partial charge in [0.2, 0.25) is 11.8 Å². The molecule has 2 aliphatic rings. The van der Waals surface area contributed by atoms with Crippen LogP contribution in [0.3, 0.4) is 0 Å². The Labute approximate surface area is 161 Å². The van der Waals surface area contributed by atoms with Crippen molar-refractivity contribution in [3.05, 3.63) is 35.9 Å². The van der Waals surface area contributed by atoms with Crippen LogP contribution >= 0.6 is 0 Å². The molecule has 2 heterocycles. The Balaban J connectivity index is 1.49. The maximum absolute atomic E-state index is 12.5. The smallest absolute Gasteiger partial charge is 0.237 e. The fourth-order valence-corrected chi connectivity index (χ4v) is 4.32. The SMILES string of the molecule is C[C@@H](C(=O)NCc1ccccc1)N1CCC2(CCC(=O)N(CCO)C2)CC1. The molecule has 27 heavy (non-hydrogen) atoms. The molecule has 0 unspecified atom stereocenters. The summed E-state index contributed by atoms with van der Waals surface area (Å²) < 4.78 is 0. The lowest BCUT2D eigenvalue weighted by atomic mass is 9.72. The number of hydrogen-bond acceptors (Lipinski definition) is 4. The van der Waals surface area contributed by atoms with Gasteiger partial charge in [0.25, 0.3) is 0 Å². The molecule has 0 aliphatic carbocycles. The minimum absolute atomic E-state index is 0.0204. The Morgan fingerprint density at radius 2 is 1.93 bits per heavy atom. The highest BCUT2D eigenvalue weighted by Crippen LogP contribution is 2.40. The van der Waals surface area contributed by atoms with E-state index in [2.05, 4.69) is 10.2 Å². The van der Waals surface area contributed by atoms with Gasteiger partial charge in [-0.1, -0.05) is 30.3 Å². The molecular weight excluding hydrogens is 342 g/mol. The minimum atomic E-state index is -0.148. The van der Waals surface area contributed by atoms with Crippen molar-refractivity contribution < 1.29 is 14.7 Å². The number of carbonyl (C=O) groups is 2. The van der Waals surface area contributed by atoms with Gasteiger partial charge in [0.05, 0.1) is 12.6 Å². The molecule has 0 radical (unpaired) electrons. The fourth-order valence-electron chi connectivity index (χ4n) is 4.32. The van der Waals surface area contributed by atoms with Gasteiger partial charge in [0.1, 0.15) is 0 Å². The van der Waals surface area contributed by atoms with Crippen molar-refractivity contribution in [2.45, 2.75) is 45.2 Å². The highest BCUT2D eigenvalue weighted by Gasteiger charge is 2.41. The molecule has 0 saturated carbocycles. The molecule has 6 nitrogen and oxygen atoms in total. The summed E-state index contributed by atoms with van der Waals surface area (Å²) in [4.78, 5) is 28.6. The Hall–Kier alpha value is -1.92. The van der Waals surface area contributed by atoms with Crippen LogP contribution in [0.15, 0.2) is 30.3 Å². The van der Waals surface area contributed by atoms with Crippen LogP contribution in [0, 0.1) is 5.41 Å². The van der Waals surface area contributed by atoms with Gasteiger partial charge in [-0.05, 0) is 50.3 Å². The lowest BCUT2D eigenvalue weighted by Gasteiger charge is -2.48. The van der Waals surface area contributed by atoms with Gasteiger partial charge in [-0.2, -0.15) is 0 Å². The Morgan fingerprint density at radius 3 is 2.59 bits per heavy atom. The molecule has 1 aromatic rings. The number of benzene rings is 1. The molecule has 2 fully saturated rings. The van der Waals surface area contributed by atoms with E-state index in [4.69, 9.17) is 0 Å². The van der Waals surface area contributed by atoms with Crippen LogP contribution in [-0.2, 0) is 16.1 Å². The van der Waals surface area contributed by atoms with Crippen molar-refractivity contribution >= 4 is 11.8 Å². The first kappa shape index (κ1) is 19.8. The molecule has 2 N–H and O–H groups in total. The zero-order chi connectivity index (χ0) is 19.3. The molecule has 148 valence electrons. The molecule has 2 amide bonds. The van der Waals surface area contributed by atoms with Gasteiger partial charge in [-0.15, -0.1) is 0 Å².